The van der Waals surface area contributed by atoms with Crippen LogP contribution in [0.4, 0.5) is 0 Å². The minimum atomic E-state index is -1.85. The van der Waals surface area contributed by atoms with Crippen molar-refractivity contribution in [2.24, 2.45) is 17.3 Å². The Balaban J connectivity index is 3.02. The maximum absolute atomic E-state index is 12.7. The lowest BCUT2D eigenvalue weighted by molar-refractivity contribution is -0.174. The molecule has 6 nitrogen and oxygen atoms in total. The van der Waals surface area contributed by atoms with Crippen molar-refractivity contribution in [1.29, 1.82) is 0 Å². The normalized spacial score (nSPS) is 15.2. The van der Waals surface area contributed by atoms with Crippen LogP contribution < -0.4 is 0 Å². The highest BCUT2D eigenvalue weighted by molar-refractivity contribution is 6.67. The molecule has 0 saturated carbocycles. The van der Waals surface area contributed by atoms with Crippen LogP contribution in [0.25, 0.3) is 0 Å². The van der Waals surface area contributed by atoms with E-state index in [1.165, 1.54) is 6.92 Å². The van der Waals surface area contributed by atoms with Gasteiger partial charge in [0.05, 0.1) is 5.92 Å². The Morgan fingerprint density at radius 1 is 1.04 bits per heavy atom. The zero-order valence-electron chi connectivity index (χ0n) is 15.9. The largest absolute Gasteiger partial charge is 0.481 e. The third-order valence-electron chi connectivity index (χ3n) is 3.89. The summed E-state index contributed by atoms with van der Waals surface area (Å²) in [5, 5.41) is 9.49. The molecule has 0 saturated heterocycles. The van der Waals surface area contributed by atoms with Gasteiger partial charge in [0.25, 0.3) is 0 Å². The van der Waals surface area contributed by atoms with E-state index in [4.69, 9.17) is 44.3 Å². The summed E-state index contributed by atoms with van der Waals surface area (Å²) in [7, 11) is 0. The van der Waals surface area contributed by atoms with Crippen LogP contribution in [-0.2, 0) is 23.9 Å². The van der Waals surface area contributed by atoms with Gasteiger partial charge >= 0.3 is 17.9 Å². The molecule has 0 aromatic heterocycles. The Bertz CT molecular complexity index is 694. The molecule has 9 heteroatoms. The van der Waals surface area contributed by atoms with E-state index in [0.717, 1.165) is 0 Å². The van der Waals surface area contributed by atoms with Gasteiger partial charge < -0.3 is 14.6 Å². The van der Waals surface area contributed by atoms with Gasteiger partial charge in [-0.3, -0.25) is 14.4 Å². The van der Waals surface area contributed by atoms with E-state index < -0.39 is 51.7 Å². The minimum absolute atomic E-state index is 0.515. The summed E-state index contributed by atoms with van der Waals surface area (Å²) in [6, 6.07) is 8.93. The van der Waals surface area contributed by atoms with Crippen LogP contribution in [-0.4, -0.2) is 33.4 Å². The van der Waals surface area contributed by atoms with Gasteiger partial charge in [-0.2, -0.15) is 0 Å². The van der Waals surface area contributed by atoms with Crippen molar-refractivity contribution in [1.82, 2.24) is 0 Å². The number of carboxylic acid groups (broad SMARTS) is 1. The van der Waals surface area contributed by atoms with Crippen molar-refractivity contribution in [2.45, 2.75) is 37.6 Å². The maximum atomic E-state index is 12.7. The molecule has 3 unspecified atom stereocenters. The predicted octanol–water partition coefficient (Wildman–Crippen LogP) is 4.57. The first-order valence-corrected chi connectivity index (χ1v) is 9.59. The van der Waals surface area contributed by atoms with E-state index in [-0.39, 0.29) is 0 Å². The summed E-state index contributed by atoms with van der Waals surface area (Å²) in [4.78, 5) is 36.5. The van der Waals surface area contributed by atoms with E-state index in [1.807, 2.05) is 26.8 Å². The molecule has 1 N–H and O–H groups in total. The first kappa shape index (κ1) is 24.5. The third kappa shape index (κ3) is 7.49. The SMILES string of the molecule is CC(C(=O)OCC(Cl)(Cl)Cl)C(C(=O)O)C(=O)OC(c1ccccc1)C(C)(C)C. The van der Waals surface area contributed by atoms with Crippen molar-refractivity contribution in [3.05, 3.63) is 35.9 Å². The number of ether oxygens (including phenoxy) is 2. The number of hydrogen-bond acceptors (Lipinski definition) is 5. The molecule has 0 aliphatic carbocycles. The quantitative estimate of drug-likeness (QED) is 0.369. The topological polar surface area (TPSA) is 89.9 Å². The van der Waals surface area contributed by atoms with Crippen LogP contribution in [0.2, 0.25) is 0 Å². The van der Waals surface area contributed by atoms with Gasteiger partial charge in [-0.15, -0.1) is 0 Å². The molecule has 0 spiro atoms. The molecule has 3 atom stereocenters. The van der Waals surface area contributed by atoms with Crippen molar-refractivity contribution < 1.29 is 29.0 Å². The molecule has 1 rings (SSSR count). The zero-order chi connectivity index (χ0) is 21.7. The molecule has 0 fully saturated rings. The summed E-state index contributed by atoms with van der Waals surface area (Å²) in [6.45, 7) is 6.23. The summed E-state index contributed by atoms with van der Waals surface area (Å²) in [6.07, 6.45) is -0.715. The number of rotatable bonds is 7. The van der Waals surface area contributed by atoms with Crippen molar-refractivity contribution in [3.8, 4) is 0 Å². The van der Waals surface area contributed by atoms with Crippen molar-refractivity contribution >= 4 is 52.7 Å². The van der Waals surface area contributed by atoms with Gasteiger partial charge in [0.15, 0.2) is 5.92 Å². The first-order chi connectivity index (χ1) is 12.7. The van der Waals surface area contributed by atoms with E-state index >= 15 is 0 Å². The highest BCUT2D eigenvalue weighted by Crippen LogP contribution is 2.37. The Morgan fingerprint density at radius 2 is 1.57 bits per heavy atom. The molecule has 0 amide bonds. The fraction of sp³-hybridized carbons (Fsp3) is 0.526. The van der Waals surface area contributed by atoms with Crippen molar-refractivity contribution in [2.75, 3.05) is 6.61 Å². The van der Waals surface area contributed by atoms with Crippen LogP contribution in [0.3, 0.4) is 0 Å². The highest BCUT2D eigenvalue weighted by Gasteiger charge is 2.42. The Kier molecular flexibility index (Phi) is 8.60. The number of carbonyl (C=O) groups is 3. The molecule has 0 heterocycles. The van der Waals surface area contributed by atoms with E-state index in [9.17, 15) is 19.5 Å². The van der Waals surface area contributed by atoms with Crippen LogP contribution >= 0.6 is 34.8 Å². The Morgan fingerprint density at radius 3 is 2.00 bits per heavy atom. The Hall–Kier alpha value is -1.50. The smallest absolute Gasteiger partial charge is 0.321 e. The average molecular weight is 454 g/mol. The molecular formula is C19H23Cl3O6. The molecule has 1 aromatic rings. The van der Waals surface area contributed by atoms with Gasteiger partial charge in [-0.25, -0.2) is 0 Å². The number of hydrogen-bond donors (Lipinski definition) is 1. The minimum Gasteiger partial charge on any atom is -0.481 e. The third-order valence-corrected chi connectivity index (χ3v) is 4.22. The van der Waals surface area contributed by atoms with Crippen molar-refractivity contribution in [3.63, 3.8) is 0 Å². The number of halogens is 3. The summed E-state index contributed by atoms with van der Waals surface area (Å²) >= 11 is 16.6. The predicted molar refractivity (Wildman–Crippen MR) is 106 cm³/mol. The summed E-state index contributed by atoms with van der Waals surface area (Å²) in [5.74, 6) is -6.65. The average Bonchev–Trinajstić information content (AvgIpc) is 2.56. The molecule has 156 valence electrons. The van der Waals surface area contributed by atoms with Gasteiger partial charge in [0, 0.05) is 5.41 Å². The molecule has 0 radical (unpaired) electrons. The Labute approximate surface area is 179 Å². The standard InChI is InChI=1S/C19H23Cl3O6/c1-11(16(25)27-10-19(20,21)22)13(15(23)24)17(26)28-14(18(2,3)4)12-8-6-5-7-9-12/h5-9,11,13-14H,10H2,1-4H3,(H,23,24). The van der Waals surface area contributed by atoms with Crippen LogP contribution in [0.5, 0.6) is 0 Å². The second-order valence-electron chi connectivity index (χ2n) is 7.42. The van der Waals surface area contributed by atoms with Crippen LogP contribution in [0.1, 0.15) is 39.4 Å². The number of esters is 2. The maximum Gasteiger partial charge on any atom is 0.321 e. The van der Waals surface area contributed by atoms with Gasteiger partial charge in [0.2, 0.25) is 3.79 Å². The van der Waals surface area contributed by atoms with E-state index in [1.54, 1.807) is 24.3 Å². The van der Waals surface area contributed by atoms with Gasteiger partial charge in [-0.1, -0.05) is 92.8 Å². The first-order valence-electron chi connectivity index (χ1n) is 8.45. The molecule has 0 bridgehead atoms. The monoisotopic (exact) mass is 452 g/mol. The number of carboxylic acids is 1. The van der Waals surface area contributed by atoms with E-state index in [0.29, 0.717) is 5.56 Å². The lowest BCUT2D eigenvalue weighted by atomic mass is 9.84. The fourth-order valence-corrected chi connectivity index (χ4v) is 2.67. The lowest BCUT2D eigenvalue weighted by Gasteiger charge is -2.32. The summed E-state index contributed by atoms with van der Waals surface area (Å²) < 4.78 is 8.49. The fourth-order valence-electron chi connectivity index (χ4n) is 2.50. The van der Waals surface area contributed by atoms with Crippen LogP contribution in [0.15, 0.2) is 30.3 Å². The molecule has 1 aromatic carbocycles. The lowest BCUT2D eigenvalue weighted by Crippen LogP contribution is -2.39. The zero-order valence-corrected chi connectivity index (χ0v) is 18.2. The van der Waals surface area contributed by atoms with Gasteiger partial charge in [0.1, 0.15) is 12.7 Å². The van der Waals surface area contributed by atoms with Crippen LogP contribution in [0, 0.1) is 17.3 Å². The highest BCUT2D eigenvalue weighted by atomic mass is 35.6. The van der Waals surface area contributed by atoms with E-state index in [2.05, 4.69) is 0 Å². The summed E-state index contributed by atoms with van der Waals surface area (Å²) in [5.41, 5.74) is 0.193. The number of benzene rings is 1. The molecule has 28 heavy (non-hydrogen) atoms. The second kappa shape index (κ2) is 9.81. The number of alkyl halides is 3. The van der Waals surface area contributed by atoms with Gasteiger partial charge in [-0.05, 0) is 5.56 Å². The molecular weight excluding hydrogens is 431 g/mol. The number of carbonyl (C=O) groups excluding carboxylic acids is 2. The molecule has 0 aliphatic rings. The molecule has 0 aliphatic heterocycles. The second-order valence-corrected chi connectivity index (χ2v) is 9.94. The number of aliphatic carboxylic acids is 1.